The number of ether oxygens (including phenoxy) is 1. The Hall–Kier alpha value is -3.51. The van der Waals surface area contributed by atoms with Crippen LogP contribution in [0.2, 0.25) is 5.02 Å². The number of carbonyl (C=O) groups excluding carboxylic acids is 2. The van der Waals surface area contributed by atoms with Gasteiger partial charge in [0.25, 0.3) is 11.8 Å². The fraction of sp³-hybridized carbons (Fsp3) is 0.0909. The van der Waals surface area contributed by atoms with Gasteiger partial charge in [-0.05, 0) is 54.1 Å². The first-order valence-electron chi connectivity index (χ1n) is 8.86. The van der Waals surface area contributed by atoms with Crippen molar-refractivity contribution in [3.8, 4) is 5.75 Å². The van der Waals surface area contributed by atoms with Gasteiger partial charge in [-0.2, -0.15) is 0 Å². The summed E-state index contributed by atoms with van der Waals surface area (Å²) in [7, 11) is 1.58. The van der Waals surface area contributed by atoms with E-state index in [1.807, 2.05) is 0 Å². The van der Waals surface area contributed by atoms with E-state index in [1.54, 1.807) is 67.8 Å². The van der Waals surface area contributed by atoms with Crippen LogP contribution in [0.15, 0.2) is 77.0 Å². The molecule has 1 aliphatic heterocycles. The third-order valence-electron chi connectivity index (χ3n) is 4.55. The molecular formula is C22H17ClN2O4. The van der Waals surface area contributed by atoms with Crippen LogP contribution in [-0.4, -0.2) is 23.8 Å². The highest BCUT2D eigenvalue weighted by Gasteiger charge is 2.39. The lowest BCUT2D eigenvalue weighted by Gasteiger charge is -2.13. The molecule has 1 N–H and O–H groups in total. The van der Waals surface area contributed by atoms with Crippen molar-refractivity contribution in [3.05, 3.63) is 89.0 Å². The van der Waals surface area contributed by atoms with E-state index in [2.05, 4.69) is 5.32 Å². The number of nitrogens with zero attached hydrogens (tertiary/aromatic N) is 1. The Morgan fingerprint density at radius 3 is 2.34 bits per heavy atom. The van der Waals surface area contributed by atoms with Crippen LogP contribution >= 0.6 is 11.6 Å². The number of nitrogens with one attached hydrogen (secondary N) is 1. The van der Waals surface area contributed by atoms with E-state index in [9.17, 15) is 9.59 Å². The molecule has 3 aromatic rings. The zero-order valence-corrected chi connectivity index (χ0v) is 16.3. The molecule has 1 aromatic heterocycles. The summed E-state index contributed by atoms with van der Waals surface area (Å²) in [6, 6.07) is 17.3. The van der Waals surface area contributed by atoms with E-state index < -0.39 is 11.8 Å². The quantitative estimate of drug-likeness (QED) is 0.614. The van der Waals surface area contributed by atoms with Gasteiger partial charge in [0.05, 0.1) is 25.5 Å². The van der Waals surface area contributed by atoms with Gasteiger partial charge in [-0.1, -0.05) is 23.7 Å². The third kappa shape index (κ3) is 3.75. The van der Waals surface area contributed by atoms with Gasteiger partial charge in [0.1, 0.15) is 17.2 Å². The minimum absolute atomic E-state index is 0.0511. The maximum absolute atomic E-state index is 13.1. The molecule has 0 saturated heterocycles. The number of rotatable bonds is 6. The van der Waals surface area contributed by atoms with Crippen molar-refractivity contribution in [1.29, 1.82) is 0 Å². The molecule has 0 aliphatic carbocycles. The Kier molecular flexibility index (Phi) is 5.10. The van der Waals surface area contributed by atoms with Crippen LogP contribution in [0.4, 0.5) is 5.69 Å². The summed E-state index contributed by atoms with van der Waals surface area (Å²) < 4.78 is 10.5. The smallest absolute Gasteiger partial charge is 0.278 e. The normalized spacial score (nSPS) is 13.9. The van der Waals surface area contributed by atoms with Gasteiger partial charge in [0.15, 0.2) is 0 Å². The third-order valence-corrected chi connectivity index (χ3v) is 4.81. The molecule has 0 fully saturated rings. The van der Waals surface area contributed by atoms with E-state index in [1.165, 1.54) is 6.26 Å². The van der Waals surface area contributed by atoms with Crippen LogP contribution in [0.1, 0.15) is 11.3 Å². The number of imide groups is 1. The SMILES string of the molecule is COc1ccc(NC2=C(c3ccc(Cl)cc3)C(=O)N(Cc3ccco3)C2=O)cc1. The Bertz CT molecular complexity index is 1070. The number of carbonyl (C=O) groups is 2. The molecule has 0 saturated carbocycles. The van der Waals surface area contributed by atoms with Crippen molar-refractivity contribution in [2.24, 2.45) is 0 Å². The summed E-state index contributed by atoms with van der Waals surface area (Å²) in [6.07, 6.45) is 1.50. The molecule has 0 atom stereocenters. The lowest BCUT2D eigenvalue weighted by atomic mass is 10.0. The van der Waals surface area contributed by atoms with Gasteiger partial charge in [0.2, 0.25) is 0 Å². The second-order valence-electron chi connectivity index (χ2n) is 6.39. The minimum Gasteiger partial charge on any atom is -0.497 e. The average molecular weight is 409 g/mol. The molecule has 2 amide bonds. The van der Waals surface area contributed by atoms with Crippen LogP contribution in [0, 0.1) is 0 Å². The molecule has 6 nitrogen and oxygen atoms in total. The van der Waals surface area contributed by atoms with E-state index in [-0.39, 0.29) is 17.8 Å². The van der Waals surface area contributed by atoms with Crippen LogP contribution < -0.4 is 10.1 Å². The van der Waals surface area contributed by atoms with Gasteiger partial charge >= 0.3 is 0 Å². The lowest BCUT2D eigenvalue weighted by Crippen LogP contribution is -2.31. The number of methoxy groups -OCH3 is 1. The first kappa shape index (κ1) is 18.8. The fourth-order valence-electron chi connectivity index (χ4n) is 3.10. The molecule has 0 bridgehead atoms. The maximum atomic E-state index is 13.1. The molecule has 29 heavy (non-hydrogen) atoms. The zero-order valence-electron chi connectivity index (χ0n) is 15.5. The predicted molar refractivity (Wildman–Crippen MR) is 109 cm³/mol. The van der Waals surface area contributed by atoms with E-state index >= 15 is 0 Å². The number of benzene rings is 2. The number of halogens is 1. The van der Waals surface area contributed by atoms with E-state index in [0.29, 0.717) is 27.8 Å². The number of hydrogen-bond donors (Lipinski definition) is 1. The van der Waals surface area contributed by atoms with Gasteiger partial charge in [0, 0.05) is 10.7 Å². The summed E-state index contributed by atoms with van der Waals surface area (Å²) in [5.74, 6) is 0.389. The molecule has 0 unspecified atom stereocenters. The number of furan rings is 1. The molecule has 146 valence electrons. The monoisotopic (exact) mass is 408 g/mol. The molecule has 7 heteroatoms. The average Bonchev–Trinajstić information content (AvgIpc) is 3.33. The predicted octanol–water partition coefficient (Wildman–Crippen LogP) is 4.33. The molecule has 2 aromatic carbocycles. The minimum atomic E-state index is -0.424. The molecule has 1 aliphatic rings. The number of anilines is 1. The maximum Gasteiger partial charge on any atom is 0.278 e. The molecular weight excluding hydrogens is 392 g/mol. The lowest BCUT2D eigenvalue weighted by molar-refractivity contribution is -0.137. The van der Waals surface area contributed by atoms with Crippen molar-refractivity contribution < 1.29 is 18.7 Å². The van der Waals surface area contributed by atoms with Crippen molar-refractivity contribution in [1.82, 2.24) is 4.90 Å². The number of hydrogen-bond acceptors (Lipinski definition) is 5. The second-order valence-corrected chi connectivity index (χ2v) is 6.82. The first-order valence-corrected chi connectivity index (χ1v) is 9.24. The molecule has 2 heterocycles. The summed E-state index contributed by atoms with van der Waals surface area (Å²) in [5.41, 5.74) is 1.75. The highest BCUT2D eigenvalue weighted by Crippen LogP contribution is 2.32. The van der Waals surface area contributed by atoms with Crippen molar-refractivity contribution in [2.75, 3.05) is 12.4 Å². The highest BCUT2D eigenvalue weighted by atomic mass is 35.5. The molecule has 4 rings (SSSR count). The highest BCUT2D eigenvalue weighted by molar-refractivity contribution is 6.36. The van der Waals surface area contributed by atoms with Gasteiger partial charge < -0.3 is 14.5 Å². The fourth-order valence-corrected chi connectivity index (χ4v) is 3.22. The summed E-state index contributed by atoms with van der Waals surface area (Å²) in [5, 5.41) is 3.64. The van der Waals surface area contributed by atoms with Crippen LogP contribution in [0.3, 0.4) is 0 Å². The molecule has 0 radical (unpaired) electrons. The topological polar surface area (TPSA) is 71.8 Å². The number of amides is 2. The van der Waals surface area contributed by atoms with Crippen LogP contribution in [0.25, 0.3) is 5.57 Å². The summed E-state index contributed by atoms with van der Waals surface area (Å²) in [4.78, 5) is 27.4. The summed E-state index contributed by atoms with van der Waals surface area (Å²) in [6.45, 7) is 0.0511. The summed E-state index contributed by atoms with van der Waals surface area (Å²) >= 11 is 5.98. The van der Waals surface area contributed by atoms with Crippen LogP contribution in [0.5, 0.6) is 5.75 Å². The van der Waals surface area contributed by atoms with Crippen molar-refractivity contribution in [3.63, 3.8) is 0 Å². The largest absolute Gasteiger partial charge is 0.497 e. The van der Waals surface area contributed by atoms with Crippen LogP contribution in [-0.2, 0) is 16.1 Å². The molecule has 0 spiro atoms. The van der Waals surface area contributed by atoms with Gasteiger partial charge in [-0.15, -0.1) is 0 Å². The van der Waals surface area contributed by atoms with Gasteiger partial charge in [-0.3, -0.25) is 14.5 Å². The van der Waals surface area contributed by atoms with E-state index in [4.69, 9.17) is 20.8 Å². The Labute approximate surface area is 172 Å². The van der Waals surface area contributed by atoms with E-state index in [0.717, 1.165) is 4.90 Å². The zero-order chi connectivity index (χ0) is 20.4. The second kappa shape index (κ2) is 7.85. The van der Waals surface area contributed by atoms with Crippen molar-refractivity contribution in [2.45, 2.75) is 6.54 Å². The Morgan fingerprint density at radius 2 is 1.72 bits per heavy atom. The van der Waals surface area contributed by atoms with Crippen molar-refractivity contribution >= 4 is 34.7 Å². The Morgan fingerprint density at radius 1 is 1.00 bits per heavy atom. The Balaban J connectivity index is 1.72. The van der Waals surface area contributed by atoms with Gasteiger partial charge in [-0.25, -0.2) is 0 Å². The first-order chi connectivity index (χ1) is 14.1. The standard InChI is InChI=1S/C22H17ClN2O4/c1-28-17-10-8-16(9-11-17)24-20-19(14-4-6-15(23)7-5-14)21(26)25(22(20)27)13-18-3-2-12-29-18/h2-12,24H,13H2,1H3.